The van der Waals surface area contributed by atoms with E-state index in [1.807, 2.05) is 0 Å². The van der Waals surface area contributed by atoms with Gasteiger partial charge in [-0.1, -0.05) is 159 Å². The highest BCUT2D eigenvalue weighted by atomic mass is 16.6. The molecule has 2 atom stereocenters. The Morgan fingerprint density at radius 2 is 1.04 bits per heavy atom. The minimum absolute atomic E-state index is 0.0428. The summed E-state index contributed by atoms with van der Waals surface area (Å²) < 4.78 is 17.1. The number of quaternary nitrogens is 1. The first kappa shape index (κ1) is 51.5. The molecule has 0 rings (SSSR count). The minimum Gasteiger partial charge on any atom is -0.544 e. The summed E-state index contributed by atoms with van der Waals surface area (Å²) in [5.74, 6) is -1.74. The number of carbonyl (C=O) groups is 3. The van der Waals surface area contributed by atoms with Crippen LogP contribution in [0.25, 0.3) is 0 Å². The lowest BCUT2D eigenvalue weighted by molar-refractivity contribution is -0.889. The summed E-state index contributed by atoms with van der Waals surface area (Å²) in [5.41, 5.74) is 0. The zero-order valence-corrected chi connectivity index (χ0v) is 35.6. The predicted molar refractivity (Wildman–Crippen MR) is 222 cm³/mol. The first-order valence-electron chi connectivity index (χ1n) is 22.0. The van der Waals surface area contributed by atoms with Crippen LogP contribution in [0.5, 0.6) is 0 Å². The molecule has 0 spiro atoms. The molecule has 314 valence electrons. The molecule has 0 radical (unpaired) electrons. The molecular weight excluding hydrogens is 679 g/mol. The van der Waals surface area contributed by atoms with Gasteiger partial charge >= 0.3 is 11.9 Å². The van der Waals surface area contributed by atoms with Gasteiger partial charge in [0.25, 0.3) is 0 Å². The summed E-state index contributed by atoms with van der Waals surface area (Å²) in [7, 11) is 5.40. The van der Waals surface area contributed by atoms with Crippen molar-refractivity contribution in [2.24, 2.45) is 0 Å². The predicted octanol–water partition coefficient (Wildman–Crippen LogP) is 10.5. The average Bonchev–Trinajstić information content (AvgIpc) is 3.12. The molecule has 8 heteroatoms. The number of rotatable bonds is 39. The van der Waals surface area contributed by atoms with Gasteiger partial charge in [-0.05, 0) is 44.9 Å². The Bertz CT molecular complexity index is 984. The van der Waals surface area contributed by atoms with Crippen LogP contribution in [0.4, 0.5) is 0 Å². The number of carboxylic acid groups (broad SMARTS) is 1. The third-order valence-electron chi connectivity index (χ3n) is 9.79. The molecule has 0 aliphatic rings. The number of hydrogen-bond acceptors (Lipinski definition) is 7. The molecule has 0 N–H and O–H groups in total. The van der Waals surface area contributed by atoms with Gasteiger partial charge in [-0.25, -0.2) is 0 Å². The monoisotopic (exact) mass is 762 g/mol. The van der Waals surface area contributed by atoms with E-state index < -0.39 is 18.1 Å². The van der Waals surface area contributed by atoms with Gasteiger partial charge in [0.2, 0.25) is 0 Å². The van der Waals surface area contributed by atoms with E-state index in [0.717, 1.165) is 57.8 Å². The van der Waals surface area contributed by atoms with E-state index in [2.05, 4.69) is 50.3 Å². The Kier molecular flexibility index (Phi) is 35.8. The number of carboxylic acids is 1. The van der Waals surface area contributed by atoms with Crippen molar-refractivity contribution >= 4 is 17.9 Å². The molecule has 2 unspecified atom stereocenters. The van der Waals surface area contributed by atoms with Gasteiger partial charge in [-0.3, -0.25) is 9.59 Å². The first-order valence-corrected chi connectivity index (χ1v) is 22.0. The Balaban J connectivity index is 4.14. The first-order chi connectivity index (χ1) is 26.1. The summed E-state index contributed by atoms with van der Waals surface area (Å²) in [6.07, 6.45) is 41.9. The molecule has 0 aromatic heterocycles. The average molecular weight is 762 g/mol. The highest BCUT2D eigenvalue weighted by Crippen LogP contribution is 2.15. The fourth-order valence-corrected chi connectivity index (χ4v) is 6.38. The van der Waals surface area contributed by atoms with Gasteiger partial charge in [-0.2, -0.15) is 0 Å². The maximum atomic E-state index is 12.7. The number of aliphatic carboxylic acids is 1. The zero-order valence-electron chi connectivity index (χ0n) is 35.6. The van der Waals surface area contributed by atoms with Gasteiger partial charge in [0, 0.05) is 19.3 Å². The SMILES string of the molecule is CC/C=C/C/C=C/C/C=C/CCCCCCCCCCCCCCCC(=O)OC(COCCC(C(=O)[O-])[N+](C)(C)C)COC(=O)CCCCCCCCC. The topological polar surface area (TPSA) is 102 Å². The number of carbonyl (C=O) groups excluding carboxylic acids is 3. The third-order valence-corrected chi connectivity index (χ3v) is 9.79. The van der Waals surface area contributed by atoms with E-state index in [9.17, 15) is 19.5 Å². The number of ether oxygens (including phenoxy) is 3. The van der Waals surface area contributed by atoms with Crippen molar-refractivity contribution in [2.45, 2.75) is 199 Å². The Hall–Kier alpha value is -2.45. The van der Waals surface area contributed by atoms with Crippen molar-refractivity contribution < 1.29 is 38.2 Å². The Labute approximate surface area is 332 Å². The summed E-state index contributed by atoms with van der Waals surface area (Å²) in [6, 6.07) is -0.722. The van der Waals surface area contributed by atoms with Crippen molar-refractivity contribution in [2.75, 3.05) is 41.0 Å². The number of unbranched alkanes of at least 4 members (excludes halogenated alkanes) is 19. The fraction of sp³-hybridized carbons (Fsp3) is 0.804. The summed E-state index contributed by atoms with van der Waals surface area (Å²) >= 11 is 0. The number of allylic oxidation sites excluding steroid dienone is 6. The molecule has 0 aliphatic heterocycles. The summed E-state index contributed by atoms with van der Waals surface area (Å²) in [5, 5.41) is 11.6. The van der Waals surface area contributed by atoms with Crippen LogP contribution in [0.1, 0.15) is 187 Å². The minimum atomic E-state index is -1.13. The number of likely N-dealkylation sites (N-methyl/N-ethyl adjacent to an activating group) is 1. The second-order valence-corrected chi connectivity index (χ2v) is 15.9. The van der Waals surface area contributed by atoms with Gasteiger partial charge in [0.05, 0.1) is 40.3 Å². The number of esters is 2. The van der Waals surface area contributed by atoms with Crippen molar-refractivity contribution in [1.29, 1.82) is 0 Å². The van der Waals surface area contributed by atoms with Crippen LogP contribution < -0.4 is 5.11 Å². The normalized spacial score (nSPS) is 13.3. The smallest absolute Gasteiger partial charge is 0.306 e. The van der Waals surface area contributed by atoms with Crippen LogP contribution in [0.15, 0.2) is 36.5 Å². The second kappa shape index (κ2) is 37.5. The number of hydrogen-bond donors (Lipinski definition) is 0. The number of nitrogens with zero attached hydrogens (tertiary/aromatic N) is 1. The van der Waals surface area contributed by atoms with Gasteiger partial charge in [-0.15, -0.1) is 0 Å². The van der Waals surface area contributed by atoms with E-state index in [0.29, 0.717) is 12.8 Å². The molecule has 0 aliphatic carbocycles. The second-order valence-electron chi connectivity index (χ2n) is 15.9. The molecule has 0 aromatic carbocycles. The van der Waals surface area contributed by atoms with E-state index in [4.69, 9.17) is 14.2 Å². The molecular formula is C46H83NO7. The molecule has 0 amide bonds. The standard InChI is InChI=1S/C46H83NO7/c1-6-8-10-12-14-15-16-17-18-19-20-21-22-23-24-25-26-27-28-29-31-33-35-37-45(49)54-42(40-52-39-38-43(46(50)51)47(3,4)5)41-53-44(48)36-34-32-30-13-11-9-7-2/h8,10,14-15,17-18,42-43H,6-7,9,11-13,16,19-41H2,1-5H3/b10-8+,15-14+,18-17+. The molecule has 0 saturated heterocycles. The van der Waals surface area contributed by atoms with E-state index >= 15 is 0 Å². The third kappa shape index (κ3) is 35.3. The van der Waals surface area contributed by atoms with Gasteiger partial charge in [0.1, 0.15) is 12.6 Å². The summed E-state index contributed by atoms with van der Waals surface area (Å²) in [6.45, 7) is 4.51. The van der Waals surface area contributed by atoms with Crippen LogP contribution in [-0.2, 0) is 28.6 Å². The molecule has 0 heterocycles. The zero-order chi connectivity index (χ0) is 40.0. The van der Waals surface area contributed by atoms with Gasteiger partial charge < -0.3 is 28.6 Å². The maximum Gasteiger partial charge on any atom is 0.306 e. The molecule has 0 aromatic rings. The molecule has 54 heavy (non-hydrogen) atoms. The van der Waals surface area contributed by atoms with Crippen molar-refractivity contribution in [1.82, 2.24) is 0 Å². The largest absolute Gasteiger partial charge is 0.544 e. The van der Waals surface area contributed by atoms with E-state index in [1.165, 1.54) is 96.3 Å². The lowest BCUT2D eigenvalue weighted by Gasteiger charge is -2.34. The van der Waals surface area contributed by atoms with Crippen LogP contribution in [0.2, 0.25) is 0 Å². The molecule has 0 saturated carbocycles. The quantitative estimate of drug-likeness (QED) is 0.0266. The lowest BCUT2D eigenvalue weighted by Crippen LogP contribution is -2.55. The van der Waals surface area contributed by atoms with Crippen LogP contribution in [0, 0.1) is 0 Å². The van der Waals surface area contributed by atoms with Crippen LogP contribution in [-0.4, -0.2) is 75.5 Å². The highest BCUT2D eigenvalue weighted by Gasteiger charge is 2.25. The summed E-state index contributed by atoms with van der Waals surface area (Å²) in [4.78, 5) is 36.6. The van der Waals surface area contributed by atoms with Crippen LogP contribution >= 0.6 is 0 Å². The van der Waals surface area contributed by atoms with E-state index in [-0.39, 0.29) is 42.7 Å². The van der Waals surface area contributed by atoms with Gasteiger partial charge in [0.15, 0.2) is 6.10 Å². The highest BCUT2D eigenvalue weighted by molar-refractivity contribution is 5.70. The molecule has 0 fully saturated rings. The van der Waals surface area contributed by atoms with Crippen molar-refractivity contribution in [3.05, 3.63) is 36.5 Å². The Morgan fingerprint density at radius 3 is 1.54 bits per heavy atom. The van der Waals surface area contributed by atoms with Crippen molar-refractivity contribution in [3.63, 3.8) is 0 Å². The van der Waals surface area contributed by atoms with E-state index in [1.54, 1.807) is 21.1 Å². The fourth-order valence-electron chi connectivity index (χ4n) is 6.38. The molecule has 8 nitrogen and oxygen atoms in total. The van der Waals surface area contributed by atoms with Crippen molar-refractivity contribution in [3.8, 4) is 0 Å². The van der Waals surface area contributed by atoms with Crippen LogP contribution in [0.3, 0.4) is 0 Å². The maximum absolute atomic E-state index is 12.7. The lowest BCUT2D eigenvalue weighted by atomic mass is 10.0. The Morgan fingerprint density at radius 1 is 0.574 bits per heavy atom. The molecule has 0 bridgehead atoms.